The number of thioether (sulfide) groups is 2. The third kappa shape index (κ3) is 10.1. The van der Waals surface area contributed by atoms with Crippen LogP contribution in [0.1, 0.15) is 12.5 Å². The number of imidazole rings is 2. The highest BCUT2D eigenvalue weighted by molar-refractivity contribution is 8.45. The van der Waals surface area contributed by atoms with Gasteiger partial charge < -0.3 is 59.7 Å². The van der Waals surface area contributed by atoms with Gasteiger partial charge in [-0.25, -0.2) is 43.1 Å². The fraction of sp³-hybridized carbons (Fsp3) is 0.600. The van der Waals surface area contributed by atoms with Gasteiger partial charge in [0.1, 0.15) is 36.6 Å². The average molecular weight is 1020 g/mol. The number of nitrogens with one attached hydrogen (secondary N) is 2. The molecule has 6 rings (SSSR count). The van der Waals surface area contributed by atoms with Gasteiger partial charge in [0.15, 0.2) is 56.7 Å². The number of thiol groups is 1. The summed E-state index contributed by atoms with van der Waals surface area (Å²) >= 11 is 16.7. The van der Waals surface area contributed by atoms with Gasteiger partial charge in [-0.05, 0) is 24.3 Å². The maximum atomic E-state index is 13.1. The fourth-order valence-electron chi connectivity index (χ4n) is 5.83. The summed E-state index contributed by atoms with van der Waals surface area (Å²) in [6, 6.07) is 0. The second-order valence-electron chi connectivity index (χ2n) is 12.5. The number of aliphatic hydroxyl groups excluding tert-OH is 4. The topological polar surface area (TPSA) is 359 Å². The molecule has 0 saturated carbocycles. The predicted molar refractivity (Wildman–Crippen MR) is 222 cm³/mol. The van der Waals surface area contributed by atoms with Crippen molar-refractivity contribution in [3.63, 3.8) is 0 Å². The van der Waals surface area contributed by atoms with Gasteiger partial charge in [0.2, 0.25) is 4.86 Å². The zero-order valence-corrected chi connectivity index (χ0v) is 38.7. The van der Waals surface area contributed by atoms with Gasteiger partial charge in [-0.2, -0.15) is 0 Å². The van der Waals surface area contributed by atoms with E-state index in [-0.39, 0.29) is 11.3 Å². The zero-order valence-electron chi connectivity index (χ0n) is 31.0. The molecule has 26 nitrogen and oxygen atoms in total. The van der Waals surface area contributed by atoms with Crippen LogP contribution >= 0.6 is 76.1 Å². The molecule has 2 aliphatic rings. The van der Waals surface area contributed by atoms with E-state index in [2.05, 4.69) is 61.4 Å². The molecular weight excluding hydrogens is 984 g/mol. The summed E-state index contributed by atoms with van der Waals surface area (Å²) in [4.78, 5) is 54.5. The van der Waals surface area contributed by atoms with Crippen molar-refractivity contribution in [3.05, 3.63) is 12.7 Å². The Morgan fingerprint density at radius 3 is 1.62 bits per heavy atom. The maximum Gasteiger partial charge on any atom is 0.393 e. The molecule has 60 heavy (non-hydrogen) atoms. The maximum absolute atomic E-state index is 13.1. The molecule has 2 aliphatic heterocycles. The van der Waals surface area contributed by atoms with E-state index in [9.17, 15) is 48.8 Å². The van der Waals surface area contributed by atoms with Crippen LogP contribution < -0.4 is 10.6 Å². The van der Waals surface area contributed by atoms with E-state index in [1.54, 1.807) is 26.6 Å². The van der Waals surface area contributed by atoms with Crippen LogP contribution in [0.25, 0.3) is 22.3 Å². The first-order chi connectivity index (χ1) is 28.1. The number of halogens is 1. The molecule has 2 saturated heterocycles. The van der Waals surface area contributed by atoms with Gasteiger partial charge in [-0.3, -0.25) is 22.8 Å². The van der Waals surface area contributed by atoms with E-state index in [0.29, 0.717) is 33.0 Å². The first kappa shape index (κ1) is 48.3. The van der Waals surface area contributed by atoms with Crippen LogP contribution in [-0.4, -0.2) is 155 Å². The number of aromatic nitrogens is 8. The molecule has 6 heterocycles. The van der Waals surface area contributed by atoms with Crippen LogP contribution in [0.5, 0.6) is 0 Å². The van der Waals surface area contributed by atoms with Gasteiger partial charge in [0, 0.05) is 14.1 Å². The second-order valence-corrected chi connectivity index (χ2v) is 25.3. The summed E-state index contributed by atoms with van der Waals surface area (Å²) in [6.45, 7) is -11.7. The number of hydrogen-bond acceptors (Lipinski definition) is 24. The van der Waals surface area contributed by atoms with Crippen LogP contribution in [0.3, 0.4) is 0 Å². The van der Waals surface area contributed by atoms with Crippen LogP contribution in [0, 0.1) is 0 Å². The van der Waals surface area contributed by atoms with E-state index in [4.69, 9.17) is 41.9 Å². The molecule has 9 N–H and O–H groups in total. The van der Waals surface area contributed by atoms with E-state index in [1.807, 2.05) is 0 Å². The molecule has 0 amide bonds. The Bertz CT molecular complexity index is 2270. The Morgan fingerprint density at radius 2 is 1.20 bits per heavy atom. The van der Waals surface area contributed by atoms with E-state index in [0.717, 1.165) is 0 Å². The summed E-state index contributed by atoms with van der Waals surface area (Å²) in [5.74, 6) is 0.750. The van der Waals surface area contributed by atoms with E-state index in [1.165, 1.54) is 45.3 Å². The third-order valence-electron chi connectivity index (χ3n) is 8.65. The predicted octanol–water partition coefficient (Wildman–Crippen LogP) is 1.65. The number of fused-ring (bicyclic) bond motifs is 2. The summed E-state index contributed by atoms with van der Waals surface area (Å²) in [5.41, 5.74) is 1.09. The van der Waals surface area contributed by atoms with Gasteiger partial charge in [0.25, 0.3) is 0 Å². The Morgan fingerprint density at radius 1 is 0.783 bits per heavy atom. The average Bonchev–Trinajstić information content (AvgIpc) is 3.95. The Balaban J connectivity index is 1.05. The molecule has 4 aromatic heterocycles. The summed E-state index contributed by atoms with van der Waals surface area (Å²) in [5, 5.41) is 49.5. The Kier molecular flexibility index (Phi) is 15.1. The molecule has 5 unspecified atom stereocenters. The normalized spacial score (nSPS) is 29.2. The van der Waals surface area contributed by atoms with Gasteiger partial charge in [-0.1, -0.05) is 47.4 Å². The first-order valence-corrected chi connectivity index (χ1v) is 28.2. The highest BCUT2D eigenvalue weighted by Crippen LogP contribution is 2.77. The third-order valence-corrected chi connectivity index (χ3v) is 20.4. The molecule has 13 atom stereocenters. The smallest absolute Gasteiger partial charge is 0.387 e. The minimum atomic E-state index is -5.76. The number of rotatable bonds is 18. The number of ether oxygens (including phenoxy) is 2. The highest BCUT2D eigenvalue weighted by atomic mass is 35.5. The van der Waals surface area contributed by atoms with Crippen LogP contribution in [0.2, 0.25) is 0 Å². The van der Waals surface area contributed by atoms with Crippen molar-refractivity contribution in [3.8, 4) is 0 Å². The summed E-state index contributed by atoms with van der Waals surface area (Å²) < 4.78 is 72.7. The van der Waals surface area contributed by atoms with Crippen LogP contribution in [0.4, 0.5) is 11.6 Å². The monoisotopic (exact) mass is 1020 g/mol. The largest absolute Gasteiger partial charge is 0.393 e. The lowest BCUT2D eigenvalue weighted by atomic mass is 10.1. The highest BCUT2D eigenvalue weighted by Gasteiger charge is 2.53. The molecule has 0 spiro atoms. The lowest BCUT2D eigenvalue weighted by Gasteiger charge is -2.26. The quantitative estimate of drug-likeness (QED) is 0.0223. The lowest BCUT2D eigenvalue weighted by molar-refractivity contribution is -0.0485. The van der Waals surface area contributed by atoms with Crippen molar-refractivity contribution < 1.29 is 75.9 Å². The molecule has 2 fully saturated rings. The van der Waals surface area contributed by atoms with Crippen molar-refractivity contribution in [2.24, 2.45) is 0 Å². The van der Waals surface area contributed by atoms with E-state index >= 15 is 0 Å². The van der Waals surface area contributed by atoms with Crippen molar-refractivity contribution in [1.82, 2.24) is 39.0 Å². The van der Waals surface area contributed by atoms with Crippen molar-refractivity contribution >= 4 is 122 Å². The zero-order chi connectivity index (χ0) is 44.1. The molecule has 35 heteroatoms. The van der Waals surface area contributed by atoms with Gasteiger partial charge in [0.05, 0.1) is 25.9 Å². The standard InChI is InChI=1S/C25H37ClN10O16P4S4/c1-27-17-11-19(33-24(31-17)59-3)35(7-29-11)21-15(39)13(37)9(49-21)5-47-55(45,57)51-53(41,42)23(26)54(43,44)52-56(46,58)48-6-10-14(38)16(40)22(50-10)36-8-30-12-18(28-2)32-25(60-4)34-20(12)36/h7-10,13-16,21-23,37-40H,5-6H2,1-4H3,(H,41,42)(H,43,44)(H,45,57)(H,46,58)(H,27,31,33)(H,28,32,34)/t9-,10-,13-,14-,15-,16-,21-,22-,23?,55?,56?/m1/s1. The minimum Gasteiger partial charge on any atom is -0.387 e. The molecule has 334 valence electrons. The first-order valence-electron chi connectivity index (χ1n) is 16.7. The number of anilines is 2. The molecule has 0 radical (unpaired) electrons. The van der Waals surface area contributed by atoms with Crippen molar-refractivity contribution in [2.75, 3.05) is 50.5 Å². The molecule has 0 aromatic carbocycles. The van der Waals surface area contributed by atoms with Crippen molar-refractivity contribution in [2.45, 2.75) is 64.3 Å². The Hall–Kier alpha value is -1.14. The minimum absolute atomic E-state index is 0.226. The summed E-state index contributed by atoms with van der Waals surface area (Å²) in [6.07, 6.45) is -6.10. The Labute approximate surface area is 362 Å². The number of alkyl halides is 1. The van der Waals surface area contributed by atoms with Gasteiger partial charge in [-0.15, -0.1) is 0 Å². The lowest BCUT2D eigenvalue weighted by Crippen LogP contribution is -2.33. The summed E-state index contributed by atoms with van der Waals surface area (Å²) in [7, 11) is -8.28. The number of aliphatic hydroxyl groups is 4. The van der Waals surface area contributed by atoms with E-state index < -0.39 is 95.9 Å². The molecular formula is C25H37ClN10O16P4S4. The molecule has 4 aromatic rings. The SMILES string of the molecule is CNc1nc(SC)nc2c1ncn2[C@@H]1O[C@H](COP(=O)(S)OP(=O)(O)C(Cl)P(=O)(O)OP(O)(=S)OC[C@H]2O[C@@H](n3cnc4c(NC)nc(SC)nc43)[C@H](O)[C@@H]2O)[C@@H](O)[C@H]1O. The van der Waals surface area contributed by atoms with Crippen LogP contribution in [-0.2, 0) is 52.6 Å². The molecule has 0 aliphatic carbocycles. The number of hydrogen-bond donors (Lipinski definition) is 10. The molecule has 0 bridgehead atoms. The second kappa shape index (κ2) is 18.8. The van der Waals surface area contributed by atoms with Crippen molar-refractivity contribution in [1.29, 1.82) is 0 Å². The van der Waals surface area contributed by atoms with Crippen LogP contribution in [0.15, 0.2) is 23.0 Å². The fourth-order valence-corrected chi connectivity index (χ4v) is 15.6. The number of nitrogens with zero attached hydrogens (tertiary/aromatic N) is 8. The van der Waals surface area contributed by atoms with Gasteiger partial charge >= 0.3 is 28.7 Å².